The van der Waals surface area contributed by atoms with E-state index in [0.717, 1.165) is 22.2 Å². The molecule has 0 spiro atoms. The second kappa shape index (κ2) is 4.68. The van der Waals surface area contributed by atoms with Crippen molar-refractivity contribution in [2.24, 2.45) is 0 Å². The van der Waals surface area contributed by atoms with Crippen molar-refractivity contribution in [1.82, 2.24) is 0 Å². The number of nitrogens with two attached hydrogens (primary N) is 1. The first-order valence-electron chi connectivity index (χ1n) is 5.83. The smallest absolute Gasteiger partial charge is 0.197 e. The van der Waals surface area contributed by atoms with Crippen LogP contribution < -0.4 is 5.73 Å². The van der Waals surface area contributed by atoms with Gasteiger partial charge < -0.3 is 5.73 Å². The normalized spacial score (nSPS) is 10.9. The van der Waals surface area contributed by atoms with Crippen molar-refractivity contribution in [3.8, 4) is 0 Å². The van der Waals surface area contributed by atoms with Crippen LogP contribution >= 0.6 is 11.3 Å². The number of anilines is 1. The number of thiophene rings is 1. The van der Waals surface area contributed by atoms with E-state index >= 15 is 0 Å². The van der Waals surface area contributed by atoms with Crippen LogP contribution in [0.3, 0.4) is 0 Å². The highest BCUT2D eigenvalue weighted by Gasteiger charge is 2.20. The van der Waals surface area contributed by atoms with Gasteiger partial charge in [0.15, 0.2) is 11.6 Å². The topological polar surface area (TPSA) is 43.1 Å². The Morgan fingerprint density at radius 1 is 1.10 bits per heavy atom. The Kier molecular flexibility index (Phi) is 2.99. The second-order valence-electron chi connectivity index (χ2n) is 4.33. The lowest BCUT2D eigenvalue weighted by molar-refractivity contribution is 0.103. The SMILES string of the molecule is Nc1cc(F)cc(C(=O)c2csc3ccccc23)c1F. The predicted molar refractivity (Wildman–Crippen MR) is 76.0 cm³/mol. The van der Waals surface area contributed by atoms with Gasteiger partial charge in [-0.1, -0.05) is 18.2 Å². The number of hydrogen-bond donors (Lipinski definition) is 1. The Bertz CT molecular complexity index is 826. The highest BCUT2D eigenvalue weighted by Crippen LogP contribution is 2.29. The minimum atomic E-state index is -0.883. The quantitative estimate of drug-likeness (QED) is 0.572. The van der Waals surface area contributed by atoms with Crippen LogP contribution in [0.2, 0.25) is 0 Å². The van der Waals surface area contributed by atoms with Gasteiger partial charge in [0.05, 0.1) is 11.3 Å². The average Bonchev–Trinajstić information content (AvgIpc) is 2.86. The van der Waals surface area contributed by atoms with Crippen molar-refractivity contribution >= 4 is 32.9 Å². The molecular weight excluding hydrogens is 280 g/mol. The number of fused-ring (bicyclic) bond motifs is 1. The number of halogens is 2. The summed E-state index contributed by atoms with van der Waals surface area (Å²) in [5.41, 5.74) is 5.01. The number of carbonyl (C=O) groups excluding carboxylic acids is 1. The van der Waals surface area contributed by atoms with Crippen LogP contribution in [0.15, 0.2) is 41.8 Å². The molecule has 0 radical (unpaired) electrons. The maximum atomic E-state index is 13.9. The third-order valence-corrected chi connectivity index (χ3v) is 4.00. The maximum absolute atomic E-state index is 13.9. The number of carbonyl (C=O) groups is 1. The summed E-state index contributed by atoms with van der Waals surface area (Å²) in [6.45, 7) is 0. The molecule has 5 heteroatoms. The van der Waals surface area contributed by atoms with Gasteiger partial charge >= 0.3 is 0 Å². The molecule has 0 bridgehead atoms. The summed E-state index contributed by atoms with van der Waals surface area (Å²) in [5.74, 6) is -2.18. The third kappa shape index (κ3) is 1.96. The van der Waals surface area contributed by atoms with E-state index in [2.05, 4.69) is 0 Å². The van der Waals surface area contributed by atoms with Gasteiger partial charge in [-0.15, -0.1) is 11.3 Å². The fraction of sp³-hybridized carbons (Fsp3) is 0. The summed E-state index contributed by atoms with van der Waals surface area (Å²) >= 11 is 1.38. The molecule has 0 aliphatic rings. The van der Waals surface area contributed by atoms with Crippen LogP contribution in [0, 0.1) is 11.6 Å². The molecule has 3 aromatic rings. The lowest BCUT2D eigenvalue weighted by Gasteiger charge is -2.05. The largest absolute Gasteiger partial charge is 0.396 e. The summed E-state index contributed by atoms with van der Waals surface area (Å²) in [6.07, 6.45) is 0. The van der Waals surface area contributed by atoms with Crippen molar-refractivity contribution in [2.45, 2.75) is 0 Å². The van der Waals surface area contributed by atoms with Crippen LogP contribution in [0.1, 0.15) is 15.9 Å². The molecule has 0 amide bonds. The van der Waals surface area contributed by atoms with Gasteiger partial charge in [-0.2, -0.15) is 0 Å². The number of ketones is 1. The van der Waals surface area contributed by atoms with Gasteiger partial charge in [-0.05, 0) is 18.2 Å². The fourth-order valence-electron chi connectivity index (χ4n) is 2.07. The van der Waals surface area contributed by atoms with Gasteiger partial charge in [0.25, 0.3) is 0 Å². The zero-order chi connectivity index (χ0) is 14.3. The van der Waals surface area contributed by atoms with Crippen LogP contribution in [-0.2, 0) is 0 Å². The summed E-state index contributed by atoms with van der Waals surface area (Å²) in [6, 6.07) is 9.03. The number of nitrogen functional groups attached to an aromatic ring is 1. The van der Waals surface area contributed by atoms with Gasteiger partial charge in [0, 0.05) is 21.0 Å². The lowest BCUT2D eigenvalue weighted by atomic mass is 10.0. The summed E-state index contributed by atoms with van der Waals surface area (Å²) in [7, 11) is 0. The van der Waals surface area contributed by atoms with Gasteiger partial charge in [-0.3, -0.25) is 4.79 Å². The van der Waals surface area contributed by atoms with Crippen LogP contribution in [0.4, 0.5) is 14.5 Å². The standard InChI is InChI=1S/C15H9F2NOS/c16-8-5-10(14(17)12(18)6-8)15(19)11-7-20-13-4-2-1-3-9(11)13/h1-7H,18H2. The Hall–Kier alpha value is -2.27. The van der Waals surface area contributed by atoms with Crippen molar-refractivity contribution < 1.29 is 13.6 Å². The second-order valence-corrected chi connectivity index (χ2v) is 5.24. The van der Waals surface area contributed by atoms with E-state index in [4.69, 9.17) is 5.73 Å². The number of rotatable bonds is 2. The molecule has 0 unspecified atom stereocenters. The summed E-state index contributed by atoms with van der Waals surface area (Å²) in [5, 5.41) is 2.37. The van der Waals surface area contributed by atoms with Crippen molar-refractivity contribution in [1.29, 1.82) is 0 Å². The molecule has 0 saturated heterocycles. The molecule has 2 nitrogen and oxygen atoms in total. The molecule has 0 fully saturated rings. The monoisotopic (exact) mass is 289 g/mol. The molecule has 1 heterocycles. The first-order valence-corrected chi connectivity index (χ1v) is 6.71. The summed E-state index contributed by atoms with van der Waals surface area (Å²) < 4.78 is 28.2. The Balaban J connectivity index is 2.18. The van der Waals surface area contributed by atoms with E-state index < -0.39 is 17.4 Å². The zero-order valence-electron chi connectivity index (χ0n) is 10.2. The summed E-state index contributed by atoms with van der Waals surface area (Å²) in [4.78, 5) is 12.4. The van der Waals surface area contributed by atoms with E-state index in [9.17, 15) is 13.6 Å². The molecule has 0 saturated carbocycles. The van der Waals surface area contributed by atoms with Gasteiger partial charge in [-0.25, -0.2) is 8.78 Å². The van der Waals surface area contributed by atoms with Gasteiger partial charge in [0.2, 0.25) is 0 Å². The molecule has 3 rings (SSSR count). The highest BCUT2D eigenvalue weighted by molar-refractivity contribution is 7.17. The number of hydrogen-bond acceptors (Lipinski definition) is 3. The van der Waals surface area contributed by atoms with Crippen molar-refractivity contribution in [2.75, 3.05) is 5.73 Å². The van der Waals surface area contributed by atoms with Crippen molar-refractivity contribution in [3.63, 3.8) is 0 Å². The minimum absolute atomic E-state index is 0.342. The van der Waals surface area contributed by atoms with E-state index in [1.807, 2.05) is 12.1 Å². The molecular formula is C15H9F2NOS. The van der Waals surface area contributed by atoms with Crippen LogP contribution in [0.5, 0.6) is 0 Å². The lowest BCUT2D eigenvalue weighted by Crippen LogP contribution is -2.07. The maximum Gasteiger partial charge on any atom is 0.197 e. The molecule has 20 heavy (non-hydrogen) atoms. The molecule has 0 atom stereocenters. The first kappa shape index (κ1) is 12.7. The van der Waals surface area contributed by atoms with Crippen LogP contribution in [0.25, 0.3) is 10.1 Å². The van der Waals surface area contributed by atoms with E-state index in [1.165, 1.54) is 11.3 Å². The molecule has 2 aromatic carbocycles. The first-order chi connectivity index (χ1) is 9.58. The average molecular weight is 289 g/mol. The molecule has 1 aromatic heterocycles. The highest BCUT2D eigenvalue weighted by atomic mass is 32.1. The number of benzene rings is 2. The zero-order valence-corrected chi connectivity index (χ0v) is 11.0. The molecule has 0 aliphatic carbocycles. The van der Waals surface area contributed by atoms with Gasteiger partial charge in [0.1, 0.15) is 5.82 Å². The Morgan fingerprint density at radius 2 is 1.85 bits per heavy atom. The Morgan fingerprint density at radius 3 is 2.65 bits per heavy atom. The molecule has 2 N–H and O–H groups in total. The van der Waals surface area contributed by atoms with Crippen molar-refractivity contribution in [3.05, 3.63) is 64.5 Å². The van der Waals surface area contributed by atoms with E-state index in [1.54, 1.807) is 17.5 Å². The van der Waals surface area contributed by atoms with E-state index in [-0.39, 0.29) is 11.3 Å². The molecule has 0 aliphatic heterocycles. The van der Waals surface area contributed by atoms with Crippen LogP contribution in [-0.4, -0.2) is 5.78 Å². The van der Waals surface area contributed by atoms with E-state index in [0.29, 0.717) is 5.56 Å². The fourth-order valence-corrected chi connectivity index (χ4v) is 3.02. The third-order valence-electron chi connectivity index (χ3n) is 3.04. The predicted octanol–water partition coefficient (Wildman–Crippen LogP) is 3.99. The molecule has 100 valence electrons. The minimum Gasteiger partial charge on any atom is -0.396 e. The Labute approximate surface area is 117 Å².